The van der Waals surface area contributed by atoms with Gasteiger partial charge in [-0.25, -0.2) is 0 Å². The summed E-state index contributed by atoms with van der Waals surface area (Å²) < 4.78 is 1.79. The van der Waals surface area contributed by atoms with Gasteiger partial charge in [0.15, 0.2) is 0 Å². The van der Waals surface area contributed by atoms with Crippen molar-refractivity contribution in [2.75, 3.05) is 5.73 Å². The van der Waals surface area contributed by atoms with Crippen molar-refractivity contribution in [1.29, 1.82) is 0 Å². The minimum atomic E-state index is -0.0425. The van der Waals surface area contributed by atoms with Gasteiger partial charge in [0.25, 0.3) is 5.91 Å². The molecule has 2 aromatic rings. The first-order chi connectivity index (χ1) is 9.02. The van der Waals surface area contributed by atoms with Crippen LogP contribution in [-0.2, 0) is 7.05 Å². The SMILES string of the molecule is CCC1CC1NC(=O)c1sc2c(c(C)nn2C)c1N. The number of hydrogen-bond donors (Lipinski definition) is 2. The Hall–Kier alpha value is -1.56. The maximum Gasteiger partial charge on any atom is 0.263 e. The average molecular weight is 278 g/mol. The van der Waals surface area contributed by atoms with E-state index in [2.05, 4.69) is 17.3 Å². The van der Waals surface area contributed by atoms with E-state index >= 15 is 0 Å². The van der Waals surface area contributed by atoms with E-state index < -0.39 is 0 Å². The van der Waals surface area contributed by atoms with Crippen molar-refractivity contribution in [3.63, 3.8) is 0 Å². The highest BCUT2D eigenvalue weighted by molar-refractivity contribution is 7.21. The molecule has 3 N–H and O–H groups in total. The van der Waals surface area contributed by atoms with E-state index in [0.717, 1.165) is 28.8 Å². The van der Waals surface area contributed by atoms with E-state index in [1.54, 1.807) is 4.68 Å². The lowest BCUT2D eigenvalue weighted by molar-refractivity contribution is 0.0954. The molecule has 2 heterocycles. The molecule has 0 aliphatic heterocycles. The summed E-state index contributed by atoms with van der Waals surface area (Å²) in [5.74, 6) is 0.599. The van der Waals surface area contributed by atoms with Gasteiger partial charge in [-0.1, -0.05) is 13.3 Å². The number of aromatic nitrogens is 2. The van der Waals surface area contributed by atoms with Gasteiger partial charge >= 0.3 is 0 Å². The summed E-state index contributed by atoms with van der Waals surface area (Å²) in [7, 11) is 1.88. The van der Waals surface area contributed by atoms with Crippen LogP contribution >= 0.6 is 11.3 Å². The van der Waals surface area contributed by atoms with Gasteiger partial charge in [-0.05, 0) is 19.3 Å². The number of rotatable bonds is 3. The van der Waals surface area contributed by atoms with Crippen molar-refractivity contribution >= 4 is 33.1 Å². The van der Waals surface area contributed by atoms with E-state index in [1.165, 1.54) is 11.3 Å². The number of thiophene rings is 1. The van der Waals surface area contributed by atoms with Gasteiger partial charge in [0.1, 0.15) is 9.71 Å². The molecule has 3 rings (SSSR count). The lowest BCUT2D eigenvalue weighted by atomic mass is 10.2. The van der Waals surface area contributed by atoms with Gasteiger partial charge in [0.2, 0.25) is 0 Å². The van der Waals surface area contributed by atoms with Crippen LogP contribution in [0.5, 0.6) is 0 Å². The van der Waals surface area contributed by atoms with Crippen LogP contribution in [-0.4, -0.2) is 21.7 Å². The standard InChI is InChI=1S/C13H18N4OS/c1-4-7-5-8(7)15-12(18)11-10(14)9-6(2)16-17(3)13(9)19-11/h7-8H,4-5,14H2,1-3H3,(H,15,18). The predicted molar refractivity (Wildman–Crippen MR) is 77.4 cm³/mol. The minimum Gasteiger partial charge on any atom is -0.397 e. The average Bonchev–Trinajstić information content (AvgIpc) is 2.91. The third-order valence-corrected chi connectivity index (χ3v) is 5.12. The Morgan fingerprint density at radius 3 is 2.95 bits per heavy atom. The van der Waals surface area contributed by atoms with Crippen LogP contribution in [0.3, 0.4) is 0 Å². The second kappa shape index (κ2) is 4.23. The molecule has 1 aliphatic rings. The van der Waals surface area contributed by atoms with Crippen LogP contribution in [0.25, 0.3) is 10.2 Å². The lowest BCUT2D eigenvalue weighted by Gasteiger charge is -2.03. The maximum absolute atomic E-state index is 12.3. The van der Waals surface area contributed by atoms with Crippen LogP contribution in [0.4, 0.5) is 5.69 Å². The molecule has 5 nitrogen and oxygen atoms in total. The second-order valence-electron chi connectivity index (χ2n) is 5.22. The highest BCUT2D eigenvalue weighted by Crippen LogP contribution is 2.37. The first-order valence-electron chi connectivity index (χ1n) is 6.55. The van der Waals surface area contributed by atoms with Gasteiger partial charge in [0.05, 0.1) is 16.8 Å². The molecule has 0 bridgehead atoms. The van der Waals surface area contributed by atoms with Gasteiger partial charge in [-0.2, -0.15) is 5.10 Å². The molecule has 1 fully saturated rings. The molecule has 1 amide bonds. The molecule has 19 heavy (non-hydrogen) atoms. The summed E-state index contributed by atoms with van der Waals surface area (Å²) in [5.41, 5.74) is 7.56. The monoisotopic (exact) mass is 278 g/mol. The van der Waals surface area contributed by atoms with Crippen LogP contribution in [0, 0.1) is 12.8 Å². The maximum atomic E-state index is 12.3. The zero-order chi connectivity index (χ0) is 13.7. The van der Waals surface area contributed by atoms with E-state index in [0.29, 0.717) is 22.5 Å². The number of amides is 1. The first kappa shape index (κ1) is 12.5. The fraction of sp³-hybridized carbons (Fsp3) is 0.538. The fourth-order valence-corrected chi connectivity index (χ4v) is 3.70. The number of nitrogen functional groups attached to an aromatic ring is 1. The van der Waals surface area contributed by atoms with Gasteiger partial charge in [-0.15, -0.1) is 11.3 Å². The number of nitrogens with one attached hydrogen (secondary N) is 1. The first-order valence-corrected chi connectivity index (χ1v) is 7.37. The summed E-state index contributed by atoms with van der Waals surface area (Å²) in [4.78, 5) is 13.8. The Morgan fingerprint density at radius 2 is 2.37 bits per heavy atom. The number of nitrogens with two attached hydrogens (primary N) is 1. The number of carbonyl (C=O) groups is 1. The quantitative estimate of drug-likeness (QED) is 0.902. The van der Waals surface area contributed by atoms with E-state index in [1.807, 2.05) is 14.0 Å². The highest BCUT2D eigenvalue weighted by Gasteiger charge is 2.37. The Bertz CT molecular complexity index is 657. The molecule has 1 aliphatic carbocycles. The van der Waals surface area contributed by atoms with E-state index in [4.69, 9.17) is 5.73 Å². The normalized spacial score (nSPS) is 21.8. The Morgan fingerprint density at radius 1 is 1.63 bits per heavy atom. The molecule has 2 unspecified atom stereocenters. The molecule has 0 spiro atoms. The molecule has 1 saturated carbocycles. The summed E-state index contributed by atoms with van der Waals surface area (Å²) in [6.07, 6.45) is 2.21. The van der Waals surface area contributed by atoms with Crippen molar-refractivity contribution < 1.29 is 4.79 Å². The molecular weight excluding hydrogens is 260 g/mol. The summed E-state index contributed by atoms with van der Waals surface area (Å²) in [5, 5.41) is 8.31. The van der Waals surface area contributed by atoms with Crippen LogP contribution in [0.1, 0.15) is 35.1 Å². The van der Waals surface area contributed by atoms with Crippen molar-refractivity contribution in [3.05, 3.63) is 10.6 Å². The molecule has 2 atom stereocenters. The molecule has 0 radical (unpaired) electrons. The molecule has 6 heteroatoms. The second-order valence-corrected chi connectivity index (χ2v) is 6.22. The van der Waals surface area contributed by atoms with Gasteiger partial charge in [0, 0.05) is 13.1 Å². The number of anilines is 1. The molecular formula is C13H18N4OS. The minimum absolute atomic E-state index is 0.0425. The van der Waals surface area contributed by atoms with Gasteiger partial charge < -0.3 is 11.1 Å². The third-order valence-electron chi connectivity index (χ3n) is 3.85. The zero-order valence-electron chi connectivity index (χ0n) is 11.4. The highest BCUT2D eigenvalue weighted by atomic mass is 32.1. The molecule has 102 valence electrons. The van der Waals surface area contributed by atoms with Crippen molar-refractivity contribution in [1.82, 2.24) is 15.1 Å². The van der Waals surface area contributed by atoms with Gasteiger partial charge in [-0.3, -0.25) is 9.48 Å². The Labute approximate surface area is 115 Å². The summed E-state index contributed by atoms with van der Waals surface area (Å²) >= 11 is 1.42. The number of aryl methyl sites for hydroxylation is 2. The number of carbonyl (C=O) groups excluding carboxylic acids is 1. The molecule has 0 saturated heterocycles. The molecule has 2 aromatic heterocycles. The van der Waals surface area contributed by atoms with Crippen molar-refractivity contribution in [3.8, 4) is 0 Å². The van der Waals surface area contributed by atoms with Crippen LogP contribution in [0.15, 0.2) is 0 Å². The predicted octanol–water partition coefficient (Wildman–Crippen LogP) is 2.05. The number of nitrogens with zero attached hydrogens (tertiary/aromatic N) is 2. The zero-order valence-corrected chi connectivity index (χ0v) is 12.2. The van der Waals surface area contributed by atoms with Crippen LogP contribution in [0.2, 0.25) is 0 Å². The smallest absolute Gasteiger partial charge is 0.263 e. The third kappa shape index (κ3) is 1.90. The van der Waals surface area contributed by atoms with Crippen molar-refractivity contribution in [2.45, 2.75) is 32.7 Å². The van der Waals surface area contributed by atoms with E-state index in [9.17, 15) is 4.79 Å². The largest absolute Gasteiger partial charge is 0.397 e. The summed E-state index contributed by atoms with van der Waals surface area (Å²) in [6.45, 7) is 4.07. The Balaban J connectivity index is 1.90. The number of hydrogen-bond acceptors (Lipinski definition) is 4. The van der Waals surface area contributed by atoms with E-state index in [-0.39, 0.29) is 5.91 Å². The topological polar surface area (TPSA) is 72.9 Å². The lowest BCUT2D eigenvalue weighted by Crippen LogP contribution is -2.26. The molecule has 0 aromatic carbocycles. The van der Waals surface area contributed by atoms with Crippen LogP contribution < -0.4 is 11.1 Å². The fourth-order valence-electron chi connectivity index (χ4n) is 2.61. The Kier molecular flexibility index (Phi) is 2.78. The summed E-state index contributed by atoms with van der Waals surface area (Å²) in [6, 6.07) is 0.335. The van der Waals surface area contributed by atoms with Crippen molar-refractivity contribution in [2.24, 2.45) is 13.0 Å². The number of fused-ring (bicyclic) bond motifs is 1.